The summed E-state index contributed by atoms with van der Waals surface area (Å²) in [5.74, 6) is 2.06. The molecule has 0 heterocycles. The molecule has 0 fully saturated rings. The van der Waals surface area contributed by atoms with Gasteiger partial charge in [-0.15, -0.1) is 0 Å². The largest absolute Gasteiger partial charge is 0.497 e. The van der Waals surface area contributed by atoms with Crippen molar-refractivity contribution in [3.63, 3.8) is 0 Å². The number of rotatable bonds is 6. The molecule has 4 heteroatoms. The normalized spacial score (nSPS) is 10.9. The van der Waals surface area contributed by atoms with Crippen LogP contribution in [0, 0.1) is 11.3 Å². The number of ether oxygens (including phenoxy) is 3. The van der Waals surface area contributed by atoms with Crippen LogP contribution in [0.25, 0.3) is 5.57 Å². The summed E-state index contributed by atoms with van der Waals surface area (Å²) in [6, 6.07) is 13.7. The second-order valence-corrected chi connectivity index (χ2v) is 5.18. The Morgan fingerprint density at radius 2 is 1.67 bits per heavy atom. The number of benzene rings is 2. The van der Waals surface area contributed by atoms with Crippen LogP contribution in [-0.2, 0) is 6.42 Å². The van der Waals surface area contributed by atoms with E-state index in [9.17, 15) is 5.26 Å². The first kappa shape index (κ1) is 17.4. The molecule has 0 bridgehead atoms. The van der Waals surface area contributed by atoms with E-state index in [2.05, 4.69) is 13.0 Å². The van der Waals surface area contributed by atoms with E-state index in [1.165, 1.54) is 11.6 Å². The van der Waals surface area contributed by atoms with E-state index >= 15 is 0 Å². The Bertz CT molecular complexity index is 766. The number of nitriles is 1. The maximum absolute atomic E-state index is 9.25. The highest BCUT2D eigenvalue weighted by molar-refractivity contribution is 5.85. The molecule has 0 N–H and O–H groups in total. The van der Waals surface area contributed by atoms with Crippen LogP contribution >= 0.6 is 0 Å². The van der Waals surface area contributed by atoms with Crippen LogP contribution in [0.1, 0.15) is 23.6 Å². The molecule has 2 rings (SSSR count). The number of aryl methyl sites for hydroxylation is 1. The van der Waals surface area contributed by atoms with Crippen molar-refractivity contribution in [3.05, 3.63) is 59.2 Å². The molecule has 0 aliphatic carbocycles. The third kappa shape index (κ3) is 3.69. The monoisotopic (exact) mass is 323 g/mol. The Balaban J connectivity index is 2.64. The fourth-order valence-corrected chi connectivity index (χ4v) is 2.52. The van der Waals surface area contributed by atoms with Gasteiger partial charge in [-0.25, -0.2) is 0 Å². The molecule has 0 atom stereocenters. The predicted octanol–water partition coefficient (Wildman–Crippen LogP) is 4.23. The highest BCUT2D eigenvalue weighted by Crippen LogP contribution is 2.35. The Hall–Kier alpha value is -2.93. The molecule has 0 unspecified atom stereocenters. The predicted molar refractivity (Wildman–Crippen MR) is 94.6 cm³/mol. The van der Waals surface area contributed by atoms with E-state index in [0.717, 1.165) is 28.9 Å². The first-order chi connectivity index (χ1) is 11.7. The van der Waals surface area contributed by atoms with E-state index in [-0.39, 0.29) is 0 Å². The molecule has 0 aromatic heterocycles. The molecule has 24 heavy (non-hydrogen) atoms. The van der Waals surface area contributed by atoms with Crippen LogP contribution in [0.15, 0.2) is 42.5 Å². The number of hydrogen-bond donors (Lipinski definition) is 0. The van der Waals surface area contributed by atoms with Crippen molar-refractivity contribution >= 4 is 5.57 Å². The zero-order chi connectivity index (χ0) is 17.5. The van der Waals surface area contributed by atoms with Crippen LogP contribution in [0.4, 0.5) is 0 Å². The maximum atomic E-state index is 9.25. The smallest absolute Gasteiger partial charge is 0.127 e. The van der Waals surface area contributed by atoms with Crippen LogP contribution in [0.2, 0.25) is 0 Å². The van der Waals surface area contributed by atoms with Gasteiger partial charge in [-0.05, 0) is 35.7 Å². The molecule has 0 radical (unpaired) electrons. The van der Waals surface area contributed by atoms with Crippen LogP contribution in [0.3, 0.4) is 0 Å². The molecule has 0 amide bonds. The zero-order valence-corrected chi connectivity index (χ0v) is 14.4. The van der Waals surface area contributed by atoms with E-state index < -0.39 is 0 Å². The van der Waals surface area contributed by atoms with Crippen molar-refractivity contribution in [1.29, 1.82) is 5.26 Å². The van der Waals surface area contributed by atoms with Crippen LogP contribution in [-0.4, -0.2) is 21.3 Å². The van der Waals surface area contributed by atoms with Crippen molar-refractivity contribution in [2.24, 2.45) is 0 Å². The number of allylic oxidation sites excluding steroid dienone is 1. The minimum Gasteiger partial charge on any atom is -0.497 e. The van der Waals surface area contributed by atoms with Crippen molar-refractivity contribution in [2.45, 2.75) is 13.3 Å². The molecular weight excluding hydrogens is 302 g/mol. The van der Waals surface area contributed by atoms with Gasteiger partial charge in [0.2, 0.25) is 0 Å². The van der Waals surface area contributed by atoms with Gasteiger partial charge in [0.15, 0.2) is 0 Å². The summed E-state index contributed by atoms with van der Waals surface area (Å²) in [6.45, 7) is 2.09. The lowest BCUT2D eigenvalue weighted by molar-refractivity contribution is 0.394. The number of hydrogen-bond acceptors (Lipinski definition) is 4. The zero-order valence-electron chi connectivity index (χ0n) is 14.4. The summed E-state index contributed by atoms with van der Waals surface area (Å²) in [6.07, 6.45) is 2.43. The molecule has 2 aromatic carbocycles. The molecule has 0 aliphatic rings. The fourth-order valence-electron chi connectivity index (χ4n) is 2.52. The van der Waals surface area contributed by atoms with E-state index in [0.29, 0.717) is 11.5 Å². The van der Waals surface area contributed by atoms with Crippen LogP contribution < -0.4 is 14.2 Å². The fraction of sp³-hybridized carbons (Fsp3) is 0.250. The summed E-state index contributed by atoms with van der Waals surface area (Å²) in [5, 5.41) is 9.25. The van der Waals surface area contributed by atoms with Gasteiger partial charge in [0, 0.05) is 23.3 Å². The van der Waals surface area contributed by atoms with Crippen molar-refractivity contribution in [1.82, 2.24) is 0 Å². The van der Waals surface area contributed by atoms with Crippen molar-refractivity contribution < 1.29 is 14.2 Å². The Morgan fingerprint density at radius 3 is 2.17 bits per heavy atom. The van der Waals surface area contributed by atoms with Crippen molar-refractivity contribution in [2.75, 3.05) is 21.3 Å². The minimum absolute atomic E-state index is 0.664. The Morgan fingerprint density at radius 1 is 1.00 bits per heavy atom. The second kappa shape index (κ2) is 8.07. The van der Waals surface area contributed by atoms with E-state index in [1.54, 1.807) is 27.4 Å². The number of methoxy groups -OCH3 is 3. The molecule has 124 valence electrons. The third-order valence-electron chi connectivity index (χ3n) is 3.84. The molecular formula is C20H21NO3. The Kier molecular flexibility index (Phi) is 5.86. The SMILES string of the molecule is CCc1ccc(C(=CC#N)c2cc(OC)cc(OC)c2)c(OC)c1. The summed E-state index contributed by atoms with van der Waals surface area (Å²) in [7, 11) is 4.83. The maximum Gasteiger partial charge on any atom is 0.127 e. The van der Waals surface area contributed by atoms with Gasteiger partial charge in [0.05, 0.1) is 27.4 Å². The molecule has 0 aliphatic heterocycles. The van der Waals surface area contributed by atoms with Gasteiger partial charge in [-0.2, -0.15) is 5.26 Å². The van der Waals surface area contributed by atoms with Gasteiger partial charge >= 0.3 is 0 Å². The lowest BCUT2D eigenvalue weighted by Gasteiger charge is -2.15. The molecule has 0 saturated carbocycles. The lowest BCUT2D eigenvalue weighted by atomic mass is 9.95. The first-order valence-electron chi connectivity index (χ1n) is 7.67. The van der Waals surface area contributed by atoms with Crippen LogP contribution in [0.5, 0.6) is 17.2 Å². The average Bonchev–Trinajstić information content (AvgIpc) is 2.65. The van der Waals surface area contributed by atoms with Gasteiger partial charge in [-0.1, -0.05) is 19.1 Å². The molecule has 0 saturated heterocycles. The van der Waals surface area contributed by atoms with E-state index in [1.807, 2.05) is 30.3 Å². The van der Waals surface area contributed by atoms with Gasteiger partial charge in [0.1, 0.15) is 17.2 Å². The lowest BCUT2D eigenvalue weighted by Crippen LogP contribution is -1.97. The highest BCUT2D eigenvalue weighted by Gasteiger charge is 2.14. The Labute approximate surface area is 142 Å². The van der Waals surface area contributed by atoms with Crippen molar-refractivity contribution in [3.8, 4) is 23.3 Å². The number of nitrogens with zero attached hydrogens (tertiary/aromatic N) is 1. The minimum atomic E-state index is 0.664. The standard InChI is InChI=1S/C20H21NO3/c1-5-14-6-7-19(20(10-14)24-4)18(8-9-21)15-11-16(22-2)13-17(12-15)23-3/h6-8,10-13H,5H2,1-4H3. The molecule has 2 aromatic rings. The van der Waals surface area contributed by atoms with E-state index in [4.69, 9.17) is 14.2 Å². The van der Waals surface area contributed by atoms with Gasteiger partial charge < -0.3 is 14.2 Å². The average molecular weight is 323 g/mol. The summed E-state index contributed by atoms with van der Waals surface area (Å²) in [5.41, 5.74) is 3.62. The topological polar surface area (TPSA) is 51.5 Å². The van der Waals surface area contributed by atoms with Gasteiger partial charge in [-0.3, -0.25) is 0 Å². The first-order valence-corrected chi connectivity index (χ1v) is 7.67. The third-order valence-corrected chi connectivity index (χ3v) is 3.84. The molecule has 0 spiro atoms. The quantitative estimate of drug-likeness (QED) is 0.747. The summed E-state index contributed by atoms with van der Waals surface area (Å²) in [4.78, 5) is 0. The second-order valence-electron chi connectivity index (χ2n) is 5.18. The molecule has 4 nitrogen and oxygen atoms in total. The summed E-state index contributed by atoms with van der Waals surface area (Å²) < 4.78 is 16.2. The highest BCUT2D eigenvalue weighted by atomic mass is 16.5. The van der Waals surface area contributed by atoms with Gasteiger partial charge in [0.25, 0.3) is 0 Å². The summed E-state index contributed by atoms with van der Waals surface area (Å²) >= 11 is 0.